The maximum atomic E-state index is 5.69. The molecule has 0 atom stereocenters. The van der Waals surface area contributed by atoms with Gasteiger partial charge in [0.05, 0.1) is 7.11 Å². The van der Waals surface area contributed by atoms with E-state index in [0.717, 1.165) is 5.56 Å². The van der Waals surface area contributed by atoms with E-state index in [1.807, 2.05) is 25.1 Å². The summed E-state index contributed by atoms with van der Waals surface area (Å²) in [6.07, 6.45) is 0.704. The Morgan fingerprint density at radius 2 is 2.05 bits per heavy atom. The van der Waals surface area contributed by atoms with Crippen LogP contribution in [0.25, 0.3) is 0 Å². The van der Waals surface area contributed by atoms with Crippen LogP contribution in [0.15, 0.2) is 22.6 Å². The highest BCUT2D eigenvalue weighted by Crippen LogP contribution is 2.31. The van der Waals surface area contributed by atoms with Crippen molar-refractivity contribution in [2.75, 3.05) is 7.11 Å². The van der Waals surface area contributed by atoms with Crippen LogP contribution in [-0.2, 0) is 19.6 Å². The minimum Gasteiger partial charge on any atom is -0.493 e. The summed E-state index contributed by atoms with van der Waals surface area (Å²) in [5.74, 6) is 2.28. The number of nitrogens with two attached hydrogens (primary N) is 1. The van der Waals surface area contributed by atoms with Gasteiger partial charge in [-0.25, -0.2) is 0 Å². The fourth-order valence-corrected chi connectivity index (χ4v) is 1.67. The number of aromatic nitrogens is 2. The molecule has 2 N–H and O–H groups in total. The average molecular weight is 263 g/mol. The van der Waals surface area contributed by atoms with Crippen molar-refractivity contribution in [1.82, 2.24) is 10.2 Å². The Balaban J connectivity index is 2.13. The van der Waals surface area contributed by atoms with E-state index in [2.05, 4.69) is 10.2 Å². The lowest BCUT2D eigenvalue weighted by Crippen LogP contribution is -2.04. The van der Waals surface area contributed by atoms with Crippen molar-refractivity contribution in [2.24, 2.45) is 5.73 Å². The predicted octanol–water partition coefficient (Wildman–Crippen LogP) is 1.68. The summed E-state index contributed by atoms with van der Waals surface area (Å²) in [4.78, 5) is 0. The topological polar surface area (TPSA) is 83.4 Å². The second-order valence-corrected chi connectivity index (χ2v) is 3.88. The molecule has 19 heavy (non-hydrogen) atoms. The van der Waals surface area contributed by atoms with Gasteiger partial charge in [0.2, 0.25) is 5.89 Å². The second kappa shape index (κ2) is 6.19. The van der Waals surface area contributed by atoms with E-state index in [1.165, 1.54) is 0 Å². The molecule has 1 aromatic heterocycles. The van der Waals surface area contributed by atoms with Gasteiger partial charge in [-0.3, -0.25) is 0 Å². The summed E-state index contributed by atoms with van der Waals surface area (Å²) in [5, 5.41) is 7.78. The number of methoxy groups -OCH3 is 1. The highest BCUT2D eigenvalue weighted by molar-refractivity contribution is 5.46. The van der Waals surface area contributed by atoms with E-state index in [-0.39, 0.29) is 6.61 Å². The van der Waals surface area contributed by atoms with E-state index < -0.39 is 0 Å². The Morgan fingerprint density at radius 3 is 2.68 bits per heavy atom. The van der Waals surface area contributed by atoms with Crippen molar-refractivity contribution in [1.29, 1.82) is 0 Å². The van der Waals surface area contributed by atoms with Gasteiger partial charge in [0.25, 0.3) is 5.89 Å². The van der Waals surface area contributed by atoms with Crippen LogP contribution in [0.5, 0.6) is 11.5 Å². The lowest BCUT2D eigenvalue weighted by atomic mass is 10.2. The van der Waals surface area contributed by atoms with E-state index >= 15 is 0 Å². The third-order valence-corrected chi connectivity index (χ3v) is 2.65. The average Bonchev–Trinajstić information content (AvgIpc) is 2.92. The van der Waals surface area contributed by atoms with Crippen LogP contribution in [-0.4, -0.2) is 17.3 Å². The fourth-order valence-electron chi connectivity index (χ4n) is 1.67. The summed E-state index contributed by atoms with van der Waals surface area (Å²) in [7, 11) is 1.59. The highest BCUT2D eigenvalue weighted by Gasteiger charge is 2.12. The molecule has 6 nitrogen and oxygen atoms in total. The third-order valence-electron chi connectivity index (χ3n) is 2.65. The molecule has 6 heteroatoms. The smallest absolute Gasteiger partial charge is 0.253 e. The van der Waals surface area contributed by atoms with E-state index in [4.69, 9.17) is 19.6 Å². The van der Waals surface area contributed by atoms with Gasteiger partial charge in [0, 0.05) is 18.5 Å². The van der Waals surface area contributed by atoms with Gasteiger partial charge in [-0.15, -0.1) is 10.2 Å². The molecule has 0 saturated heterocycles. The van der Waals surface area contributed by atoms with Gasteiger partial charge in [-0.05, 0) is 6.07 Å². The first-order chi connectivity index (χ1) is 9.28. The van der Waals surface area contributed by atoms with Crippen LogP contribution in [0.3, 0.4) is 0 Å². The van der Waals surface area contributed by atoms with Crippen molar-refractivity contribution in [2.45, 2.75) is 26.5 Å². The van der Waals surface area contributed by atoms with Gasteiger partial charge < -0.3 is 19.6 Å². The molecule has 0 unspecified atom stereocenters. The quantitative estimate of drug-likeness (QED) is 0.853. The Kier molecular flexibility index (Phi) is 4.35. The zero-order chi connectivity index (χ0) is 13.7. The van der Waals surface area contributed by atoms with E-state index in [1.54, 1.807) is 7.11 Å². The van der Waals surface area contributed by atoms with Crippen molar-refractivity contribution >= 4 is 0 Å². The molecule has 0 radical (unpaired) electrons. The molecule has 0 spiro atoms. The van der Waals surface area contributed by atoms with Crippen molar-refractivity contribution in [3.05, 3.63) is 35.5 Å². The van der Waals surface area contributed by atoms with Crippen LogP contribution in [0.2, 0.25) is 0 Å². The second-order valence-electron chi connectivity index (χ2n) is 3.88. The minimum atomic E-state index is 0.195. The Bertz CT molecular complexity index is 517. The molecule has 0 aliphatic heterocycles. The largest absolute Gasteiger partial charge is 0.493 e. The summed E-state index contributed by atoms with van der Waals surface area (Å²) in [6, 6.07) is 5.58. The van der Waals surface area contributed by atoms with Gasteiger partial charge >= 0.3 is 0 Å². The standard InChI is InChI=1S/C13H17N3O3/c1-3-11-15-16-12(19-11)8-18-13-9(7-14)5-4-6-10(13)17-2/h4-6H,3,7-8,14H2,1-2H3. The number of nitrogens with zero attached hydrogens (tertiary/aromatic N) is 2. The first-order valence-corrected chi connectivity index (χ1v) is 6.08. The molecule has 102 valence electrons. The molecule has 2 aromatic rings. The summed E-state index contributed by atoms with van der Waals surface area (Å²) < 4.78 is 16.3. The maximum Gasteiger partial charge on any atom is 0.253 e. The molecule has 0 bridgehead atoms. The Morgan fingerprint density at radius 1 is 1.26 bits per heavy atom. The third kappa shape index (κ3) is 3.03. The number of benzene rings is 1. The molecular weight excluding hydrogens is 246 g/mol. The van der Waals surface area contributed by atoms with Crippen molar-refractivity contribution in [3.8, 4) is 11.5 Å². The number of rotatable bonds is 6. The Labute approximate surface area is 111 Å². The molecule has 0 saturated carbocycles. The Hall–Kier alpha value is -2.08. The van der Waals surface area contributed by atoms with Crippen molar-refractivity contribution < 1.29 is 13.9 Å². The van der Waals surface area contributed by atoms with E-state index in [9.17, 15) is 0 Å². The van der Waals surface area contributed by atoms with Crippen molar-refractivity contribution in [3.63, 3.8) is 0 Å². The normalized spacial score (nSPS) is 10.5. The van der Waals surface area contributed by atoms with Gasteiger partial charge in [-0.1, -0.05) is 19.1 Å². The van der Waals surface area contributed by atoms with E-state index in [0.29, 0.717) is 36.2 Å². The monoisotopic (exact) mass is 263 g/mol. The predicted molar refractivity (Wildman–Crippen MR) is 68.9 cm³/mol. The SMILES string of the molecule is CCc1nnc(COc2c(CN)cccc2OC)o1. The first-order valence-electron chi connectivity index (χ1n) is 6.08. The molecule has 0 amide bonds. The summed E-state index contributed by atoms with van der Waals surface area (Å²) >= 11 is 0. The minimum absolute atomic E-state index is 0.195. The zero-order valence-corrected chi connectivity index (χ0v) is 11.0. The van der Waals surface area contributed by atoms with Gasteiger partial charge in [-0.2, -0.15) is 0 Å². The summed E-state index contributed by atoms with van der Waals surface area (Å²) in [6.45, 7) is 2.52. The number of hydrogen-bond acceptors (Lipinski definition) is 6. The van der Waals surface area contributed by atoms with Crippen LogP contribution in [0.1, 0.15) is 24.3 Å². The molecule has 0 fully saturated rings. The number of ether oxygens (including phenoxy) is 2. The number of hydrogen-bond donors (Lipinski definition) is 1. The zero-order valence-electron chi connectivity index (χ0n) is 11.0. The van der Waals surface area contributed by atoms with Crippen LogP contribution < -0.4 is 15.2 Å². The van der Waals surface area contributed by atoms with Gasteiger partial charge in [0.15, 0.2) is 18.1 Å². The lowest BCUT2D eigenvalue weighted by molar-refractivity contribution is 0.244. The molecule has 1 aromatic carbocycles. The van der Waals surface area contributed by atoms with Crippen LogP contribution >= 0.6 is 0 Å². The van der Waals surface area contributed by atoms with Crippen LogP contribution in [0, 0.1) is 0 Å². The molecule has 0 aliphatic carbocycles. The molecule has 2 rings (SSSR count). The molecular formula is C13H17N3O3. The molecule has 0 aliphatic rings. The molecule has 1 heterocycles. The number of aryl methyl sites for hydroxylation is 1. The van der Waals surface area contributed by atoms with Crippen LogP contribution in [0.4, 0.5) is 0 Å². The lowest BCUT2D eigenvalue weighted by Gasteiger charge is -2.12. The fraction of sp³-hybridized carbons (Fsp3) is 0.385. The number of para-hydroxylation sites is 1. The van der Waals surface area contributed by atoms with Gasteiger partial charge in [0.1, 0.15) is 0 Å². The summed E-state index contributed by atoms with van der Waals surface area (Å²) in [5.41, 5.74) is 6.55. The maximum absolute atomic E-state index is 5.69. The highest BCUT2D eigenvalue weighted by atomic mass is 16.5. The first kappa shape index (κ1) is 13.4.